The Morgan fingerprint density at radius 3 is 2.54 bits per heavy atom. The molecule has 1 aromatic heterocycles. The van der Waals surface area contributed by atoms with Crippen LogP contribution in [0.15, 0.2) is 12.1 Å². The summed E-state index contributed by atoms with van der Waals surface area (Å²) >= 11 is 5.61. The minimum atomic E-state index is -0.0569. The number of halogens is 1. The summed E-state index contributed by atoms with van der Waals surface area (Å²) in [7, 11) is 1.50. The van der Waals surface area contributed by atoms with Gasteiger partial charge < -0.3 is 9.84 Å². The van der Waals surface area contributed by atoms with Crippen LogP contribution in [0.3, 0.4) is 0 Å². The van der Waals surface area contributed by atoms with Gasteiger partial charge in [-0.2, -0.15) is 0 Å². The molecule has 0 aliphatic heterocycles. The second kappa shape index (κ2) is 6.69. The zero-order valence-electron chi connectivity index (χ0n) is 8.04. The van der Waals surface area contributed by atoms with E-state index in [4.69, 9.17) is 21.4 Å². The quantitative estimate of drug-likeness (QED) is 0.750. The van der Waals surface area contributed by atoms with Crippen molar-refractivity contribution >= 4 is 11.6 Å². The van der Waals surface area contributed by atoms with E-state index in [1.807, 2.05) is 13.8 Å². The van der Waals surface area contributed by atoms with E-state index in [2.05, 4.69) is 4.98 Å². The van der Waals surface area contributed by atoms with Crippen LogP contribution in [0.2, 0.25) is 5.15 Å². The lowest BCUT2D eigenvalue weighted by molar-refractivity contribution is 0.280. The first kappa shape index (κ1) is 12.2. The molecule has 1 rings (SSSR count). The predicted molar refractivity (Wildman–Crippen MR) is 53.1 cm³/mol. The lowest BCUT2D eigenvalue weighted by atomic mass is 10.3. The highest BCUT2D eigenvalue weighted by Gasteiger charge is 1.98. The van der Waals surface area contributed by atoms with Crippen LogP contribution in [0.25, 0.3) is 0 Å². The fraction of sp³-hybridized carbons (Fsp3) is 0.444. The Bertz CT molecular complexity index is 231. The Morgan fingerprint density at radius 1 is 1.46 bits per heavy atom. The number of hydrogen-bond acceptors (Lipinski definition) is 3. The van der Waals surface area contributed by atoms with Crippen molar-refractivity contribution in [3.05, 3.63) is 22.8 Å². The molecular formula is C9H14ClNO2. The Kier molecular flexibility index (Phi) is 6.28. The predicted octanol–water partition coefficient (Wildman–Crippen LogP) is 2.26. The molecule has 4 heteroatoms. The van der Waals surface area contributed by atoms with E-state index >= 15 is 0 Å². The Morgan fingerprint density at radius 2 is 2.08 bits per heavy atom. The molecule has 0 fully saturated rings. The van der Waals surface area contributed by atoms with Crippen LogP contribution < -0.4 is 4.74 Å². The summed E-state index contributed by atoms with van der Waals surface area (Å²) in [6.07, 6.45) is 0. The van der Waals surface area contributed by atoms with Gasteiger partial charge in [-0.3, -0.25) is 0 Å². The monoisotopic (exact) mass is 203 g/mol. The number of hydrogen-bond donors (Lipinski definition) is 1. The first-order chi connectivity index (χ1) is 6.26. The first-order valence-corrected chi connectivity index (χ1v) is 4.45. The van der Waals surface area contributed by atoms with Crippen LogP contribution in [-0.4, -0.2) is 17.2 Å². The molecule has 0 amide bonds. The van der Waals surface area contributed by atoms with Crippen LogP contribution in [-0.2, 0) is 6.61 Å². The lowest BCUT2D eigenvalue weighted by Gasteiger charge is -2.01. The molecule has 74 valence electrons. The number of aliphatic hydroxyl groups excluding tert-OH is 1. The number of pyridine rings is 1. The van der Waals surface area contributed by atoms with Gasteiger partial charge >= 0.3 is 0 Å². The molecule has 0 atom stereocenters. The van der Waals surface area contributed by atoms with Crippen molar-refractivity contribution in [2.24, 2.45) is 0 Å². The van der Waals surface area contributed by atoms with Crippen LogP contribution in [0, 0.1) is 0 Å². The highest BCUT2D eigenvalue weighted by atomic mass is 35.5. The van der Waals surface area contributed by atoms with E-state index < -0.39 is 0 Å². The number of aromatic nitrogens is 1. The average molecular weight is 204 g/mol. The third-order valence-electron chi connectivity index (χ3n) is 1.22. The van der Waals surface area contributed by atoms with E-state index in [9.17, 15) is 0 Å². The molecule has 0 radical (unpaired) electrons. The van der Waals surface area contributed by atoms with Crippen LogP contribution in [0.5, 0.6) is 5.88 Å². The molecule has 3 nitrogen and oxygen atoms in total. The molecule has 13 heavy (non-hydrogen) atoms. The third kappa shape index (κ3) is 4.10. The topological polar surface area (TPSA) is 42.4 Å². The highest BCUT2D eigenvalue weighted by molar-refractivity contribution is 6.29. The Labute approximate surface area is 83.3 Å². The Hall–Kier alpha value is -0.800. The molecule has 0 bridgehead atoms. The van der Waals surface area contributed by atoms with Crippen molar-refractivity contribution in [2.75, 3.05) is 7.11 Å². The minimum Gasteiger partial charge on any atom is -0.481 e. The lowest BCUT2D eigenvalue weighted by Crippen LogP contribution is -1.91. The van der Waals surface area contributed by atoms with Crippen LogP contribution in [0.1, 0.15) is 19.4 Å². The van der Waals surface area contributed by atoms with Gasteiger partial charge in [-0.25, -0.2) is 4.98 Å². The minimum absolute atomic E-state index is 0.0569. The zero-order valence-corrected chi connectivity index (χ0v) is 8.80. The summed E-state index contributed by atoms with van der Waals surface area (Å²) in [5.41, 5.74) is 0.696. The maximum Gasteiger partial charge on any atom is 0.214 e. The summed E-state index contributed by atoms with van der Waals surface area (Å²) in [6, 6.07) is 3.22. The number of ether oxygens (including phenoxy) is 1. The van der Waals surface area contributed by atoms with Gasteiger partial charge in [0.2, 0.25) is 5.88 Å². The number of nitrogens with zero attached hydrogens (tertiary/aromatic N) is 1. The zero-order chi connectivity index (χ0) is 10.3. The fourth-order valence-electron chi connectivity index (χ4n) is 0.719. The van der Waals surface area contributed by atoms with Crippen molar-refractivity contribution in [1.29, 1.82) is 0 Å². The summed E-state index contributed by atoms with van der Waals surface area (Å²) in [6.45, 7) is 3.94. The summed E-state index contributed by atoms with van der Waals surface area (Å²) in [5.74, 6) is 0.418. The molecule has 1 heterocycles. The van der Waals surface area contributed by atoms with Gasteiger partial charge in [-0.05, 0) is 11.6 Å². The summed E-state index contributed by atoms with van der Waals surface area (Å²) in [4.78, 5) is 3.83. The van der Waals surface area contributed by atoms with Gasteiger partial charge in [0.1, 0.15) is 5.15 Å². The van der Waals surface area contributed by atoms with Gasteiger partial charge in [-0.15, -0.1) is 0 Å². The molecule has 0 aliphatic rings. The second-order valence-corrected chi connectivity index (χ2v) is 2.39. The van der Waals surface area contributed by atoms with Crippen molar-refractivity contribution in [3.63, 3.8) is 0 Å². The van der Waals surface area contributed by atoms with E-state index in [0.29, 0.717) is 16.6 Å². The van der Waals surface area contributed by atoms with E-state index in [-0.39, 0.29) is 6.61 Å². The third-order valence-corrected chi connectivity index (χ3v) is 1.42. The maximum atomic E-state index is 8.74. The summed E-state index contributed by atoms with van der Waals surface area (Å²) in [5, 5.41) is 9.07. The van der Waals surface area contributed by atoms with E-state index in [1.54, 1.807) is 12.1 Å². The standard InChI is InChI=1S/C7H8ClNO2.C2H6/c1-11-7-3-5(4-10)2-6(8)9-7;1-2/h2-3,10H,4H2,1H3;1-2H3. The number of methoxy groups -OCH3 is 1. The molecule has 1 aromatic rings. The van der Waals surface area contributed by atoms with Crippen LogP contribution in [0.4, 0.5) is 0 Å². The second-order valence-electron chi connectivity index (χ2n) is 2.00. The van der Waals surface area contributed by atoms with E-state index in [0.717, 1.165) is 0 Å². The van der Waals surface area contributed by atoms with Crippen molar-refractivity contribution in [2.45, 2.75) is 20.5 Å². The summed E-state index contributed by atoms with van der Waals surface area (Å²) < 4.78 is 4.83. The fourth-order valence-corrected chi connectivity index (χ4v) is 0.942. The van der Waals surface area contributed by atoms with Gasteiger partial charge in [0.15, 0.2) is 0 Å². The normalized spacial score (nSPS) is 8.69. The van der Waals surface area contributed by atoms with Crippen molar-refractivity contribution < 1.29 is 9.84 Å². The molecule has 0 spiro atoms. The van der Waals surface area contributed by atoms with Gasteiger partial charge in [0, 0.05) is 6.07 Å². The average Bonchev–Trinajstić information content (AvgIpc) is 2.20. The van der Waals surface area contributed by atoms with Crippen molar-refractivity contribution in [3.8, 4) is 5.88 Å². The highest BCUT2D eigenvalue weighted by Crippen LogP contribution is 2.15. The van der Waals surface area contributed by atoms with Crippen molar-refractivity contribution in [1.82, 2.24) is 4.98 Å². The van der Waals surface area contributed by atoms with Gasteiger partial charge in [0.05, 0.1) is 13.7 Å². The molecule has 0 saturated carbocycles. The van der Waals surface area contributed by atoms with Crippen LogP contribution >= 0.6 is 11.6 Å². The Balaban J connectivity index is 0.000000671. The molecule has 0 unspecified atom stereocenters. The molecule has 0 aromatic carbocycles. The SMILES string of the molecule is CC.COc1cc(CO)cc(Cl)n1. The largest absolute Gasteiger partial charge is 0.481 e. The number of rotatable bonds is 2. The molecule has 1 N–H and O–H groups in total. The molecule has 0 saturated heterocycles. The molecule has 0 aliphatic carbocycles. The van der Waals surface area contributed by atoms with Gasteiger partial charge in [0.25, 0.3) is 0 Å². The maximum absolute atomic E-state index is 8.74. The van der Waals surface area contributed by atoms with E-state index in [1.165, 1.54) is 7.11 Å². The van der Waals surface area contributed by atoms with Gasteiger partial charge in [-0.1, -0.05) is 25.4 Å². The number of aliphatic hydroxyl groups is 1. The molecular weight excluding hydrogens is 190 g/mol. The smallest absolute Gasteiger partial charge is 0.214 e. The first-order valence-electron chi connectivity index (χ1n) is 4.07.